The maximum Gasteiger partial charge on any atom is 0.287 e. The van der Waals surface area contributed by atoms with Crippen LogP contribution in [0.1, 0.15) is 50.4 Å². The van der Waals surface area contributed by atoms with Crippen molar-refractivity contribution in [2.24, 2.45) is 11.8 Å². The average Bonchev–Trinajstić information content (AvgIpc) is 3.21. The summed E-state index contributed by atoms with van der Waals surface area (Å²) >= 11 is 0. The number of furan rings is 1. The molecule has 1 atom stereocenters. The zero-order valence-corrected chi connectivity index (χ0v) is 15.7. The lowest BCUT2D eigenvalue weighted by molar-refractivity contribution is -0.118. The molecule has 0 aliphatic rings. The number of carbonyl (C=O) groups is 2. The zero-order valence-electron chi connectivity index (χ0n) is 15.7. The van der Waals surface area contributed by atoms with Crippen LogP contribution < -0.4 is 10.6 Å². The molecule has 2 aromatic heterocycles. The van der Waals surface area contributed by atoms with E-state index in [4.69, 9.17) is 4.42 Å². The van der Waals surface area contributed by atoms with Crippen LogP contribution in [0.15, 0.2) is 29.0 Å². The van der Waals surface area contributed by atoms with Crippen LogP contribution in [0.4, 0.5) is 14.5 Å². The van der Waals surface area contributed by atoms with Gasteiger partial charge in [0.2, 0.25) is 5.91 Å². The Morgan fingerprint density at radius 2 is 1.96 bits per heavy atom. The van der Waals surface area contributed by atoms with Crippen LogP contribution in [0.5, 0.6) is 0 Å². The first-order valence-electron chi connectivity index (χ1n) is 8.69. The molecule has 0 bridgehead atoms. The first-order valence-corrected chi connectivity index (χ1v) is 8.69. The van der Waals surface area contributed by atoms with Gasteiger partial charge in [0, 0.05) is 12.7 Å². The summed E-state index contributed by atoms with van der Waals surface area (Å²) in [5, 5.41) is 8.90. The number of anilines is 1. The lowest BCUT2D eigenvalue weighted by Crippen LogP contribution is -2.47. The largest absolute Gasteiger partial charge is 0.459 e. The molecule has 0 unspecified atom stereocenters. The lowest BCUT2D eigenvalue weighted by atomic mass is 10.0. The molecule has 2 rings (SSSR count). The number of hydrogen-bond donors (Lipinski definition) is 2. The number of carbonyl (C=O) groups excluding carboxylic acids is 2. The van der Waals surface area contributed by atoms with Crippen molar-refractivity contribution in [3.63, 3.8) is 0 Å². The number of nitrogens with one attached hydrogen (secondary N) is 2. The van der Waals surface area contributed by atoms with Gasteiger partial charge in [-0.3, -0.25) is 14.3 Å². The van der Waals surface area contributed by atoms with E-state index in [0.717, 1.165) is 0 Å². The third-order valence-electron chi connectivity index (χ3n) is 3.79. The maximum atomic E-state index is 13.3. The SMILES string of the molecule is CC(C)Cn1cc(NC(=O)[C@H](NC(=O)c2ccco2)C(C)C)c(C(F)F)n1. The van der Waals surface area contributed by atoms with Crippen molar-refractivity contribution in [2.75, 3.05) is 5.32 Å². The van der Waals surface area contributed by atoms with Crippen molar-refractivity contribution in [3.05, 3.63) is 36.0 Å². The quantitative estimate of drug-likeness (QED) is 0.732. The third kappa shape index (κ3) is 5.38. The summed E-state index contributed by atoms with van der Waals surface area (Å²) in [4.78, 5) is 24.8. The van der Waals surface area contributed by atoms with Gasteiger partial charge in [0.25, 0.3) is 12.3 Å². The normalized spacial score (nSPS) is 12.6. The van der Waals surface area contributed by atoms with Gasteiger partial charge >= 0.3 is 0 Å². The fourth-order valence-corrected chi connectivity index (χ4v) is 2.53. The van der Waals surface area contributed by atoms with Crippen LogP contribution in [0.3, 0.4) is 0 Å². The van der Waals surface area contributed by atoms with Gasteiger partial charge in [-0.1, -0.05) is 27.7 Å². The van der Waals surface area contributed by atoms with Gasteiger partial charge in [0.05, 0.1) is 12.0 Å². The summed E-state index contributed by atoms with van der Waals surface area (Å²) in [6, 6.07) is 2.09. The number of rotatable bonds is 8. The van der Waals surface area contributed by atoms with Gasteiger partial charge in [0.1, 0.15) is 6.04 Å². The Morgan fingerprint density at radius 1 is 1.26 bits per heavy atom. The molecule has 148 valence electrons. The molecule has 7 nitrogen and oxygen atoms in total. The highest BCUT2D eigenvalue weighted by Gasteiger charge is 2.28. The summed E-state index contributed by atoms with van der Waals surface area (Å²) in [7, 11) is 0. The van der Waals surface area contributed by atoms with E-state index in [1.807, 2.05) is 13.8 Å². The van der Waals surface area contributed by atoms with E-state index in [1.54, 1.807) is 19.9 Å². The molecular weight excluding hydrogens is 358 g/mol. The minimum Gasteiger partial charge on any atom is -0.459 e. The third-order valence-corrected chi connectivity index (χ3v) is 3.79. The van der Waals surface area contributed by atoms with E-state index < -0.39 is 30.0 Å². The Kier molecular flexibility index (Phi) is 6.70. The number of nitrogens with zero attached hydrogens (tertiary/aromatic N) is 2. The van der Waals surface area contributed by atoms with Crippen molar-refractivity contribution in [1.29, 1.82) is 0 Å². The minimum absolute atomic E-state index is 0.0615. The molecule has 0 saturated heterocycles. The smallest absolute Gasteiger partial charge is 0.287 e. The van der Waals surface area contributed by atoms with Crippen LogP contribution in [0, 0.1) is 11.8 Å². The van der Waals surface area contributed by atoms with E-state index in [-0.39, 0.29) is 23.3 Å². The number of alkyl halides is 2. The minimum atomic E-state index is -2.83. The number of amides is 2. The molecule has 9 heteroatoms. The topological polar surface area (TPSA) is 89.2 Å². The second-order valence-corrected chi connectivity index (χ2v) is 7.01. The molecule has 0 fully saturated rings. The Balaban J connectivity index is 2.17. The first-order chi connectivity index (χ1) is 12.7. The van der Waals surface area contributed by atoms with Crippen LogP contribution >= 0.6 is 0 Å². The van der Waals surface area contributed by atoms with Crippen molar-refractivity contribution in [1.82, 2.24) is 15.1 Å². The molecule has 0 radical (unpaired) electrons. The summed E-state index contributed by atoms with van der Waals surface area (Å²) < 4.78 is 32.9. The van der Waals surface area contributed by atoms with Crippen LogP contribution in [0.2, 0.25) is 0 Å². The Labute approximate surface area is 156 Å². The van der Waals surface area contributed by atoms with Crippen molar-refractivity contribution >= 4 is 17.5 Å². The van der Waals surface area contributed by atoms with Crippen molar-refractivity contribution < 1.29 is 22.8 Å². The second-order valence-electron chi connectivity index (χ2n) is 7.01. The molecule has 2 heterocycles. The van der Waals surface area contributed by atoms with Gasteiger partial charge < -0.3 is 15.1 Å². The van der Waals surface area contributed by atoms with Gasteiger partial charge in [-0.05, 0) is 24.0 Å². The molecule has 2 aromatic rings. The predicted octanol–water partition coefficient (Wildman–Crippen LogP) is 3.46. The molecule has 0 spiro atoms. The average molecular weight is 382 g/mol. The number of hydrogen-bond acceptors (Lipinski definition) is 4. The first kappa shape index (κ1) is 20.6. The van der Waals surface area contributed by atoms with Crippen molar-refractivity contribution in [2.45, 2.75) is 46.7 Å². The molecule has 0 aliphatic heterocycles. The number of aromatic nitrogens is 2. The Morgan fingerprint density at radius 3 is 2.48 bits per heavy atom. The van der Waals surface area contributed by atoms with E-state index >= 15 is 0 Å². The van der Waals surface area contributed by atoms with Crippen LogP contribution in [-0.4, -0.2) is 27.6 Å². The molecule has 0 aromatic carbocycles. The summed E-state index contributed by atoms with van der Waals surface area (Å²) in [5.41, 5.74) is -0.558. The summed E-state index contributed by atoms with van der Waals surface area (Å²) in [6.45, 7) is 7.78. The van der Waals surface area contributed by atoms with Crippen LogP contribution in [0.25, 0.3) is 0 Å². The molecular formula is C18H24F2N4O3. The highest BCUT2D eigenvalue weighted by Crippen LogP contribution is 2.26. The fraction of sp³-hybridized carbons (Fsp3) is 0.500. The predicted molar refractivity (Wildman–Crippen MR) is 95.5 cm³/mol. The van der Waals surface area contributed by atoms with Gasteiger partial charge in [-0.15, -0.1) is 0 Å². The molecule has 2 amide bonds. The standard InChI is InChI=1S/C18H24F2N4O3/c1-10(2)8-24-9-12(15(23-24)16(19)20)21-18(26)14(11(3)4)22-17(25)13-6-5-7-27-13/h5-7,9-11,14,16H,8H2,1-4H3,(H,21,26)(H,22,25)/t14-/m1/s1. The van der Waals surface area contributed by atoms with Gasteiger partial charge in [-0.25, -0.2) is 8.78 Å². The maximum absolute atomic E-state index is 13.3. The fourth-order valence-electron chi connectivity index (χ4n) is 2.53. The molecule has 0 saturated carbocycles. The van der Waals surface area contributed by atoms with E-state index in [0.29, 0.717) is 6.54 Å². The zero-order chi connectivity index (χ0) is 20.1. The lowest BCUT2D eigenvalue weighted by Gasteiger charge is -2.21. The highest BCUT2D eigenvalue weighted by atomic mass is 19.3. The van der Waals surface area contributed by atoms with E-state index in [1.165, 1.54) is 23.2 Å². The van der Waals surface area contributed by atoms with E-state index in [9.17, 15) is 18.4 Å². The Hall–Kier alpha value is -2.71. The van der Waals surface area contributed by atoms with Crippen LogP contribution in [-0.2, 0) is 11.3 Å². The Bertz CT molecular complexity index is 770. The van der Waals surface area contributed by atoms with E-state index in [2.05, 4.69) is 15.7 Å². The van der Waals surface area contributed by atoms with Gasteiger partial charge in [0.15, 0.2) is 11.5 Å². The molecule has 27 heavy (non-hydrogen) atoms. The molecule has 2 N–H and O–H groups in total. The summed E-state index contributed by atoms with van der Waals surface area (Å²) in [6.07, 6.45) is -0.105. The second kappa shape index (κ2) is 8.79. The summed E-state index contributed by atoms with van der Waals surface area (Å²) in [5.74, 6) is -1.17. The molecule has 0 aliphatic carbocycles. The van der Waals surface area contributed by atoms with Crippen molar-refractivity contribution in [3.8, 4) is 0 Å². The monoisotopic (exact) mass is 382 g/mol. The number of halogens is 2. The highest BCUT2D eigenvalue weighted by molar-refractivity contribution is 6.00. The van der Waals surface area contributed by atoms with Gasteiger partial charge in [-0.2, -0.15) is 5.10 Å².